The average Bonchev–Trinajstić information content (AvgIpc) is 3.20. The summed E-state index contributed by atoms with van der Waals surface area (Å²) in [6.07, 6.45) is -0.205. The van der Waals surface area contributed by atoms with E-state index in [1.807, 2.05) is 30.3 Å². The summed E-state index contributed by atoms with van der Waals surface area (Å²) in [6, 6.07) is 13.3. The number of nitrogens with zero attached hydrogens (tertiary/aromatic N) is 3. The molecule has 2 amide bonds. The first-order valence-corrected chi connectivity index (χ1v) is 9.34. The number of aromatic nitrogens is 2. The van der Waals surface area contributed by atoms with Crippen molar-refractivity contribution < 1.29 is 22.8 Å². The first-order valence-electron chi connectivity index (χ1n) is 8.93. The van der Waals surface area contributed by atoms with Gasteiger partial charge in [0.1, 0.15) is 5.57 Å². The second-order valence-electron chi connectivity index (χ2n) is 6.56. The molecule has 10 heteroatoms. The molecule has 0 atom stereocenters. The number of halogens is 3. The predicted molar refractivity (Wildman–Crippen MR) is 111 cm³/mol. The summed E-state index contributed by atoms with van der Waals surface area (Å²) >= 11 is 5.03. The van der Waals surface area contributed by atoms with Crippen molar-refractivity contribution in [3.05, 3.63) is 83.7 Å². The number of hydrogen-bond acceptors (Lipinski definition) is 4. The molecule has 6 nitrogen and oxygen atoms in total. The molecule has 1 saturated heterocycles. The third kappa shape index (κ3) is 4.10. The first kappa shape index (κ1) is 20.5. The molecule has 3 aromatic rings. The normalized spacial score (nSPS) is 16.0. The van der Waals surface area contributed by atoms with Gasteiger partial charge < -0.3 is 0 Å². The highest BCUT2D eigenvalue weighted by Gasteiger charge is 2.36. The molecule has 1 aliphatic heterocycles. The van der Waals surface area contributed by atoms with Crippen LogP contribution in [0.3, 0.4) is 0 Å². The van der Waals surface area contributed by atoms with E-state index in [2.05, 4.69) is 10.4 Å². The largest absolute Gasteiger partial charge is 0.416 e. The maximum atomic E-state index is 13.1. The third-order valence-corrected chi connectivity index (χ3v) is 4.75. The quantitative estimate of drug-likeness (QED) is 0.382. The monoisotopic (exact) mass is 442 g/mol. The molecule has 1 fully saturated rings. The smallest absolute Gasteiger partial charge is 0.298 e. The highest BCUT2D eigenvalue weighted by molar-refractivity contribution is 7.80. The lowest BCUT2D eigenvalue weighted by Gasteiger charge is -2.29. The van der Waals surface area contributed by atoms with Gasteiger partial charge in [-0.2, -0.15) is 18.3 Å². The molecule has 0 radical (unpaired) electrons. The molecule has 0 unspecified atom stereocenters. The molecule has 1 aromatic heterocycles. The zero-order valence-electron chi connectivity index (χ0n) is 15.6. The lowest BCUT2D eigenvalue weighted by molar-refractivity contribution is -0.137. The van der Waals surface area contributed by atoms with Crippen molar-refractivity contribution >= 4 is 40.9 Å². The highest BCUT2D eigenvalue weighted by Crippen LogP contribution is 2.32. The van der Waals surface area contributed by atoms with E-state index in [0.717, 1.165) is 28.8 Å². The molecular formula is C21H13F3N4O2S. The lowest BCUT2D eigenvalue weighted by atomic mass is 10.1. The summed E-state index contributed by atoms with van der Waals surface area (Å²) in [5.74, 6) is -1.58. The van der Waals surface area contributed by atoms with Gasteiger partial charge >= 0.3 is 6.18 Å². The van der Waals surface area contributed by atoms with Crippen molar-refractivity contribution in [2.75, 3.05) is 4.90 Å². The first-order chi connectivity index (χ1) is 14.7. The van der Waals surface area contributed by atoms with E-state index < -0.39 is 23.6 Å². The number of hydrogen-bond donors (Lipinski definition) is 1. The van der Waals surface area contributed by atoms with Gasteiger partial charge in [-0.1, -0.05) is 24.3 Å². The number of carbonyl (C=O) groups is 2. The van der Waals surface area contributed by atoms with E-state index >= 15 is 0 Å². The minimum Gasteiger partial charge on any atom is -0.298 e. The Hall–Kier alpha value is -3.79. The fourth-order valence-electron chi connectivity index (χ4n) is 3.01. The molecule has 0 spiro atoms. The van der Waals surface area contributed by atoms with Crippen LogP contribution in [0.1, 0.15) is 11.1 Å². The number of benzene rings is 2. The van der Waals surface area contributed by atoms with E-state index in [1.54, 1.807) is 10.9 Å². The van der Waals surface area contributed by atoms with E-state index in [0.29, 0.717) is 5.56 Å². The lowest BCUT2D eigenvalue weighted by Crippen LogP contribution is -2.54. The molecule has 2 heterocycles. The molecule has 31 heavy (non-hydrogen) atoms. The maximum absolute atomic E-state index is 13.1. The summed E-state index contributed by atoms with van der Waals surface area (Å²) in [7, 11) is 0. The minimum absolute atomic E-state index is 0.101. The summed E-state index contributed by atoms with van der Waals surface area (Å²) in [6.45, 7) is 0. The molecule has 0 aliphatic carbocycles. The van der Waals surface area contributed by atoms with Crippen LogP contribution in [0.15, 0.2) is 72.6 Å². The third-order valence-electron chi connectivity index (χ3n) is 4.47. The van der Waals surface area contributed by atoms with Crippen molar-refractivity contribution in [1.82, 2.24) is 15.1 Å². The van der Waals surface area contributed by atoms with Gasteiger partial charge in [0.15, 0.2) is 5.11 Å². The van der Waals surface area contributed by atoms with Gasteiger partial charge in [0.25, 0.3) is 11.8 Å². The minimum atomic E-state index is -4.59. The van der Waals surface area contributed by atoms with Crippen LogP contribution in [0.4, 0.5) is 18.9 Å². The number of rotatable bonds is 3. The van der Waals surface area contributed by atoms with E-state index in [-0.39, 0.29) is 16.4 Å². The fourth-order valence-corrected chi connectivity index (χ4v) is 3.29. The van der Waals surface area contributed by atoms with Gasteiger partial charge in [-0.05, 0) is 48.6 Å². The summed E-state index contributed by atoms with van der Waals surface area (Å²) in [5, 5.41) is 6.24. The van der Waals surface area contributed by atoms with Gasteiger partial charge in [0.2, 0.25) is 0 Å². The van der Waals surface area contributed by atoms with Crippen LogP contribution in [0.2, 0.25) is 0 Å². The number of para-hydroxylation sites is 1. The number of thiocarbonyl (C=S) groups is 1. The standard InChI is InChI=1S/C21H13F3N4O2S/c22-21(23,24)14-5-4-8-16(10-14)28-19(30)17(18(29)26-20(28)31)9-13-11-25-27(12-13)15-6-2-1-3-7-15/h1-12H,(H,26,29,31)/b17-9+. The summed E-state index contributed by atoms with van der Waals surface area (Å²) < 4.78 is 40.8. The second-order valence-corrected chi connectivity index (χ2v) is 6.95. The summed E-state index contributed by atoms with van der Waals surface area (Å²) in [4.78, 5) is 26.2. The van der Waals surface area contributed by atoms with Crippen molar-refractivity contribution in [3.8, 4) is 5.69 Å². The molecule has 4 rings (SSSR count). The molecule has 1 aliphatic rings. The van der Waals surface area contributed by atoms with Crippen LogP contribution < -0.4 is 10.2 Å². The van der Waals surface area contributed by atoms with Gasteiger partial charge in [-0.3, -0.25) is 19.8 Å². The van der Waals surface area contributed by atoms with Gasteiger partial charge in [-0.15, -0.1) is 0 Å². The number of amides is 2. The van der Waals surface area contributed by atoms with Crippen molar-refractivity contribution in [2.24, 2.45) is 0 Å². The van der Waals surface area contributed by atoms with Gasteiger partial charge in [0.05, 0.1) is 23.1 Å². The van der Waals surface area contributed by atoms with Crippen LogP contribution in [0.25, 0.3) is 11.8 Å². The number of anilines is 1. The Morgan fingerprint density at radius 1 is 1.00 bits per heavy atom. The topological polar surface area (TPSA) is 67.2 Å². The fraction of sp³-hybridized carbons (Fsp3) is 0.0476. The Labute approximate surface area is 179 Å². The zero-order valence-corrected chi connectivity index (χ0v) is 16.4. The molecule has 0 bridgehead atoms. The van der Waals surface area contributed by atoms with E-state index in [9.17, 15) is 22.8 Å². The molecule has 156 valence electrons. The van der Waals surface area contributed by atoms with Gasteiger partial charge in [-0.25, -0.2) is 4.68 Å². The SMILES string of the molecule is O=C1NC(=S)N(c2cccc(C(F)(F)F)c2)C(=O)/C1=C/c1cnn(-c2ccccc2)c1. The second kappa shape index (κ2) is 7.80. The van der Waals surface area contributed by atoms with Crippen molar-refractivity contribution in [3.63, 3.8) is 0 Å². The Kier molecular flexibility index (Phi) is 5.15. The van der Waals surface area contributed by atoms with Gasteiger partial charge in [0, 0.05) is 11.8 Å². The maximum Gasteiger partial charge on any atom is 0.416 e. The van der Waals surface area contributed by atoms with Crippen LogP contribution >= 0.6 is 12.2 Å². The molecular weight excluding hydrogens is 429 g/mol. The summed E-state index contributed by atoms with van der Waals surface area (Å²) in [5.41, 5.74) is -0.0843. The Morgan fingerprint density at radius 2 is 1.71 bits per heavy atom. The molecule has 1 N–H and O–H groups in total. The molecule has 0 saturated carbocycles. The van der Waals surface area contributed by atoms with Crippen molar-refractivity contribution in [2.45, 2.75) is 6.18 Å². The average molecular weight is 442 g/mol. The Morgan fingerprint density at radius 3 is 2.42 bits per heavy atom. The number of nitrogens with one attached hydrogen (secondary N) is 1. The highest BCUT2D eigenvalue weighted by atomic mass is 32.1. The van der Waals surface area contributed by atoms with Crippen LogP contribution in [0.5, 0.6) is 0 Å². The number of carbonyl (C=O) groups excluding carboxylic acids is 2. The zero-order chi connectivity index (χ0) is 22.2. The predicted octanol–water partition coefficient (Wildman–Crippen LogP) is 3.72. The Balaban J connectivity index is 1.68. The van der Waals surface area contributed by atoms with E-state index in [1.165, 1.54) is 18.3 Å². The van der Waals surface area contributed by atoms with E-state index in [4.69, 9.17) is 12.2 Å². The number of alkyl halides is 3. The Bertz CT molecular complexity index is 1220. The van der Waals surface area contributed by atoms with Crippen LogP contribution in [0, 0.1) is 0 Å². The van der Waals surface area contributed by atoms with Crippen molar-refractivity contribution in [1.29, 1.82) is 0 Å². The van der Waals surface area contributed by atoms with Crippen LogP contribution in [-0.4, -0.2) is 26.7 Å². The molecule has 2 aromatic carbocycles. The van der Waals surface area contributed by atoms with Crippen LogP contribution in [-0.2, 0) is 15.8 Å².